The van der Waals surface area contributed by atoms with Crippen molar-refractivity contribution in [1.82, 2.24) is 5.32 Å². The molecule has 0 radical (unpaired) electrons. The van der Waals surface area contributed by atoms with Gasteiger partial charge in [0.2, 0.25) is 0 Å². The van der Waals surface area contributed by atoms with Gasteiger partial charge in [-0.25, -0.2) is 0 Å². The zero-order chi connectivity index (χ0) is 11.9. The third kappa shape index (κ3) is 4.57. The predicted octanol–water partition coefficient (Wildman–Crippen LogP) is -1.76. The molecule has 0 aliphatic rings. The number of hydrogen-bond acceptors (Lipinski definition) is 6. The number of methoxy groups -OCH3 is 1. The number of nitrogens with one attached hydrogen (secondary N) is 1. The minimum absolute atomic E-state index is 0.109. The molecule has 0 fully saturated rings. The van der Waals surface area contributed by atoms with E-state index in [0.717, 1.165) is 0 Å². The summed E-state index contributed by atoms with van der Waals surface area (Å²) in [5.41, 5.74) is -1.16. The van der Waals surface area contributed by atoms with Crippen LogP contribution >= 0.6 is 0 Å². The van der Waals surface area contributed by atoms with Gasteiger partial charge in [-0.2, -0.15) is 0 Å². The van der Waals surface area contributed by atoms with Crippen molar-refractivity contribution in [2.24, 2.45) is 0 Å². The maximum atomic E-state index is 10.9. The first-order chi connectivity index (χ1) is 7.03. The van der Waals surface area contributed by atoms with Crippen molar-refractivity contribution in [3.05, 3.63) is 0 Å². The maximum Gasteiger partial charge on any atom is 0.307 e. The van der Waals surface area contributed by atoms with Gasteiger partial charge < -0.3 is 25.4 Å². The molecule has 0 aromatic rings. The zero-order valence-electron chi connectivity index (χ0n) is 9.06. The number of ether oxygens (including phenoxy) is 1. The quantitative estimate of drug-likeness (QED) is 0.380. The Morgan fingerprint density at radius 2 is 1.80 bits per heavy atom. The second-order valence-corrected chi connectivity index (χ2v) is 3.58. The van der Waals surface area contributed by atoms with Gasteiger partial charge in [0.25, 0.3) is 0 Å². The van der Waals surface area contributed by atoms with Crippen LogP contribution in [0.5, 0.6) is 0 Å². The van der Waals surface area contributed by atoms with Gasteiger partial charge >= 0.3 is 5.97 Å². The Morgan fingerprint density at radius 1 is 1.33 bits per heavy atom. The van der Waals surface area contributed by atoms with Crippen LogP contribution in [0.25, 0.3) is 0 Å². The molecule has 0 aliphatic carbocycles. The van der Waals surface area contributed by atoms with E-state index >= 15 is 0 Å². The Morgan fingerprint density at radius 3 is 2.13 bits per heavy atom. The lowest BCUT2D eigenvalue weighted by Crippen LogP contribution is -2.58. The van der Waals surface area contributed by atoms with Crippen molar-refractivity contribution in [3.8, 4) is 0 Å². The fourth-order valence-corrected chi connectivity index (χ4v) is 1.19. The van der Waals surface area contributed by atoms with Crippen LogP contribution in [0.4, 0.5) is 0 Å². The van der Waals surface area contributed by atoms with Crippen LogP contribution in [-0.4, -0.2) is 59.8 Å². The topological polar surface area (TPSA) is 99.0 Å². The van der Waals surface area contributed by atoms with Crippen molar-refractivity contribution < 1.29 is 24.9 Å². The summed E-state index contributed by atoms with van der Waals surface area (Å²) in [4.78, 5) is 10.9. The van der Waals surface area contributed by atoms with E-state index in [1.54, 1.807) is 6.92 Å². The molecule has 6 heteroatoms. The third-order valence-corrected chi connectivity index (χ3v) is 2.16. The molecule has 0 saturated carbocycles. The highest BCUT2D eigenvalue weighted by molar-refractivity contribution is 5.69. The van der Waals surface area contributed by atoms with Crippen molar-refractivity contribution in [2.45, 2.75) is 24.9 Å². The molecule has 0 saturated heterocycles. The van der Waals surface area contributed by atoms with Crippen LogP contribution in [0, 0.1) is 0 Å². The van der Waals surface area contributed by atoms with Gasteiger partial charge in [-0.3, -0.25) is 4.79 Å². The van der Waals surface area contributed by atoms with E-state index < -0.39 is 31.3 Å². The lowest BCUT2D eigenvalue weighted by atomic mass is 10.0. The maximum absolute atomic E-state index is 10.9. The predicted molar refractivity (Wildman–Crippen MR) is 53.2 cm³/mol. The first-order valence-electron chi connectivity index (χ1n) is 4.70. The Labute approximate surface area is 88.9 Å². The molecule has 0 aromatic carbocycles. The van der Waals surface area contributed by atoms with Crippen LogP contribution in [0.3, 0.4) is 0 Å². The van der Waals surface area contributed by atoms with Gasteiger partial charge in [0.05, 0.1) is 38.9 Å². The van der Waals surface area contributed by atoms with E-state index in [1.165, 1.54) is 7.11 Å². The van der Waals surface area contributed by atoms with E-state index in [1.807, 2.05) is 0 Å². The molecular weight excluding hydrogens is 202 g/mol. The van der Waals surface area contributed by atoms with E-state index in [-0.39, 0.29) is 12.5 Å². The molecule has 0 heterocycles. The number of esters is 1. The Balaban J connectivity index is 4.22. The van der Waals surface area contributed by atoms with Gasteiger partial charge in [0.15, 0.2) is 0 Å². The first kappa shape index (κ1) is 14.3. The van der Waals surface area contributed by atoms with Gasteiger partial charge in [0.1, 0.15) is 0 Å². The third-order valence-electron chi connectivity index (χ3n) is 2.16. The largest absolute Gasteiger partial charge is 0.469 e. The summed E-state index contributed by atoms with van der Waals surface area (Å²) < 4.78 is 4.47. The molecule has 0 rings (SSSR count). The molecule has 0 aliphatic heterocycles. The monoisotopic (exact) mass is 221 g/mol. The summed E-state index contributed by atoms with van der Waals surface area (Å²) in [6.45, 7) is 0.467. The Bertz CT molecular complexity index is 185. The molecule has 4 N–H and O–H groups in total. The SMILES string of the molecule is COC(=O)CC(C)NC(CO)(CO)CO. The Hall–Kier alpha value is -0.690. The zero-order valence-corrected chi connectivity index (χ0v) is 9.06. The molecule has 1 unspecified atom stereocenters. The molecule has 6 nitrogen and oxygen atoms in total. The molecular formula is C9H19NO5. The van der Waals surface area contributed by atoms with Crippen molar-refractivity contribution in [3.63, 3.8) is 0 Å². The van der Waals surface area contributed by atoms with Crippen LogP contribution in [-0.2, 0) is 9.53 Å². The minimum atomic E-state index is -1.16. The van der Waals surface area contributed by atoms with Crippen LogP contribution < -0.4 is 5.32 Å². The first-order valence-corrected chi connectivity index (χ1v) is 4.70. The van der Waals surface area contributed by atoms with E-state index in [0.29, 0.717) is 0 Å². The molecule has 0 aromatic heterocycles. The van der Waals surface area contributed by atoms with E-state index in [9.17, 15) is 4.79 Å². The highest BCUT2D eigenvalue weighted by Gasteiger charge is 2.29. The fraction of sp³-hybridized carbons (Fsp3) is 0.889. The lowest BCUT2D eigenvalue weighted by Gasteiger charge is -2.31. The van der Waals surface area contributed by atoms with Crippen LogP contribution in [0.15, 0.2) is 0 Å². The minimum Gasteiger partial charge on any atom is -0.469 e. The normalized spacial score (nSPS) is 13.7. The summed E-state index contributed by atoms with van der Waals surface area (Å²) in [7, 11) is 1.28. The number of aliphatic hydroxyl groups excluding tert-OH is 3. The average Bonchev–Trinajstić information content (AvgIpc) is 2.26. The second-order valence-electron chi connectivity index (χ2n) is 3.58. The highest BCUT2D eigenvalue weighted by atomic mass is 16.5. The lowest BCUT2D eigenvalue weighted by molar-refractivity contribution is -0.141. The van der Waals surface area contributed by atoms with Crippen LogP contribution in [0.2, 0.25) is 0 Å². The summed E-state index contributed by atoms with van der Waals surface area (Å²) in [6, 6.07) is -0.302. The summed E-state index contributed by atoms with van der Waals surface area (Å²) >= 11 is 0. The number of aliphatic hydroxyl groups is 3. The Kier molecular flexibility index (Phi) is 6.42. The van der Waals surface area contributed by atoms with Crippen molar-refractivity contribution in [2.75, 3.05) is 26.9 Å². The second kappa shape index (κ2) is 6.73. The van der Waals surface area contributed by atoms with Crippen molar-refractivity contribution in [1.29, 1.82) is 0 Å². The summed E-state index contributed by atoms with van der Waals surface area (Å²) in [5.74, 6) is -0.391. The molecule has 0 spiro atoms. The van der Waals surface area contributed by atoms with Crippen LogP contribution in [0.1, 0.15) is 13.3 Å². The molecule has 0 bridgehead atoms. The van der Waals surface area contributed by atoms with Gasteiger partial charge in [-0.1, -0.05) is 0 Å². The number of carbonyl (C=O) groups excluding carboxylic acids is 1. The van der Waals surface area contributed by atoms with E-state index in [2.05, 4.69) is 10.1 Å². The van der Waals surface area contributed by atoms with Gasteiger partial charge in [-0.05, 0) is 6.92 Å². The fourth-order valence-electron chi connectivity index (χ4n) is 1.19. The van der Waals surface area contributed by atoms with Crippen molar-refractivity contribution >= 4 is 5.97 Å². The smallest absolute Gasteiger partial charge is 0.307 e. The summed E-state index contributed by atoms with van der Waals surface area (Å²) in [6.07, 6.45) is 0.109. The van der Waals surface area contributed by atoms with E-state index in [4.69, 9.17) is 15.3 Å². The number of hydrogen-bond donors (Lipinski definition) is 4. The highest BCUT2D eigenvalue weighted by Crippen LogP contribution is 2.05. The number of carbonyl (C=O) groups is 1. The summed E-state index contributed by atoms with van der Waals surface area (Å²) in [5, 5.41) is 29.8. The molecule has 1 atom stereocenters. The molecule has 0 amide bonds. The standard InChI is InChI=1S/C9H19NO5/c1-7(3-8(14)15-2)10-9(4-11,5-12)6-13/h7,10-13H,3-6H2,1-2H3. The number of rotatable bonds is 7. The molecule has 90 valence electrons. The van der Waals surface area contributed by atoms with Gasteiger partial charge in [0, 0.05) is 6.04 Å². The molecule has 15 heavy (non-hydrogen) atoms. The van der Waals surface area contributed by atoms with Gasteiger partial charge in [-0.15, -0.1) is 0 Å². The average molecular weight is 221 g/mol.